The molecule has 0 aliphatic carbocycles. The van der Waals surface area contributed by atoms with Gasteiger partial charge in [0.1, 0.15) is 5.76 Å². The highest BCUT2D eigenvalue weighted by atomic mass is 32.2. The Bertz CT molecular complexity index is 755. The van der Waals surface area contributed by atoms with Gasteiger partial charge in [-0.05, 0) is 50.2 Å². The van der Waals surface area contributed by atoms with Gasteiger partial charge >= 0.3 is 0 Å². The van der Waals surface area contributed by atoms with Crippen molar-refractivity contribution >= 4 is 40.7 Å². The molecule has 0 aromatic carbocycles. The van der Waals surface area contributed by atoms with Gasteiger partial charge in [0.2, 0.25) is 11.8 Å². The highest BCUT2D eigenvalue weighted by Crippen LogP contribution is 2.20. The van der Waals surface area contributed by atoms with Gasteiger partial charge in [-0.1, -0.05) is 11.2 Å². The van der Waals surface area contributed by atoms with Crippen molar-refractivity contribution in [3.05, 3.63) is 34.2 Å². The summed E-state index contributed by atoms with van der Waals surface area (Å²) < 4.78 is 4.89. The third kappa shape index (κ3) is 6.96. The van der Waals surface area contributed by atoms with Crippen LogP contribution in [-0.4, -0.2) is 53.0 Å². The third-order valence-electron chi connectivity index (χ3n) is 4.62. The van der Waals surface area contributed by atoms with Crippen molar-refractivity contribution < 1.29 is 14.1 Å². The van der Waals surface area contributed by atoms with E-state index in [1.165, 1.54) is 16.6 Å². The van der Waals surface area contributed by atoms with Crippen LogP contribution in [0.15, 0.2) is 28.1 Å². The van der Waals surface area contributed by atoms with E-state index in [-0.39, 0.29) is 23.3 Å². The quantitative estimate of drug-likeness (QED) is 0.646. The highest BCUT2D eigenvalue weighted by Gasteiger charge is 2.20. The van der Waals surface area contributed by atoms with Crippen molar-refractivity contribution in [2.75, 3.05) is 36.5 Å². The number of nitrogens with one attached hydrogen (secondary N) is 2. The number of hydrogen-bond acceptors (Lipinski definition) is 7. The van der Waals surface area contributed by atoms with E-state index < -0.39 is 0 Å². The number of nitrogens with zero attached hydrogens (tertiary/aromatic N) is 2. The molecule has 2 aromatic heterocycles. The van der Waals surface area contributed by atoms with Crippen molar-refractivity contribution in [3.8, 4) is 0 Å². The van der Waals surface area contributed by atoms with Gasteiger partial charge in [0, 0.05) is 24.0 Å². The number of carbonyl (C=O) groups is 2. The average molecular weight is 423 g/mol. The average Bonchev–Trinajstić information content (AvgIpc) is 3.33. The Morgan fingerprint density at radius 1 is 1.32 bits per heavy atom. The lowest BCUT2D eigenvalue weighted by Crippen LogP contribution is -2.38. The summed E-state index contributed by atoms with van der Waals surface area (Å²) in [6, 6.07) is 5.93. The van der Waals surface area contributed by atoms with E-state index in [2.05, 4.69) is 38.2 Å². The molecule has 1 aliphatic rings. The first-order chi connectivity index (χ1) is 13.6. The number of likely N-dealkylation sites (tertiary alicyclic amines) is 1. The van der Waals surface area contributed by atoms with Crippen molar-refractivity contribution in [2.24, 2.45) is 5.92 Å². The summed E-state index contributed by atoms with van der Waals surface area (Å²) in [5.41, 5.74) is 0. The molecule has 0 bridgehead atoms. The maximum Gasteiger partial charge on any atom is 0.235 e. The fourth-order valence-electron chi connectivity index (χ4n) is 3.12. The molecule has 0 radical (unpaired) electrons. The lowest BCUT2D eigenvalue weighted by molar-refractivity contribution is -0.118. The van der Waals surface area contributed by atoms with Gasteiger partial charge in [-0.25, -0.2) is 0 Å². The maximum atomic E-state index is 12.0. The summed E-state index contributed by atoms with van der Waals surface area (Å²) in [5.74, 6) is 1.85. The molecule has 2 amide bonds. The van der Waals surface area contributed by atoms with Crippen LogP contribution in [0.5, 0.6) is 0 Å². The molecule has 0 saturated carbocycles. The minimum Gasteiger partial charge on any atom is -0.360 e. The van der Waals surface area contributed by atoms with Gasteiger partial charge < -0.3 is 15.2 Å². The van der Waals surface area contributed by atoms with Gasteiger partial charge in [0.25, 0.3) is 0 Å². The maximum absolute atomic E-state index is 12.0. The number of rotatable bonds is 9. The summed E-state index contributed by atoms with van der Waals surface area (Å²) >= 11 is 3.10. The normalized spacial score (nSPS) is 15.5. The van der Waals surface area contributed by atoms with Crippen LogP contribution in [0.2, 0.25) is 0 Å². The van der Waals surface area contributed by atoms with Crippen LogP contribution in [0.25, 0.3) is 0 Å². The molecular formula is C19H26N4O3S2. The van der Waals surface area contributed by atoms with E-state index in [4.69, 9.17) is 4.52 Å². The molecule has 152 valence electrons. The molecule has 1 fully saturated rings. The van der Waals surface area contributed by atoms with Crippen LogP contribution in [0, 0.1) is 12.8 Å². The van der Waals surface area contributed by atoms with Crippen LogP contribution >= 0.6 is 23.1 Å². The highest BCUT2D eigenvalue weighted by molar-refractivity contribution is 8.00. The summed E-state index contributed by atoms with van der Waals surface area (Å²) in [4.78, 5) is 27.7. The van der Waals surface area contributed by atoms with Gasteiger partial charge in [-0.2, -0.15) is 0 Å². The van der Waals surface area contributed by atoms with E-state index in [1.54, 1.807) is 24.3 Å². The second-order valence-corrected chi connectivity index (χ2v) is 8.98. The Labute approximate surface area is 173 Å². The third-order valence-corrected chi connectivity index (χ3v) is 6.41. The van der Waals surface area contributed by atoms with Gasteiger partial charge in [-0.15, -0.1) is 23.1 Å². The number of amides is 2. The molecule has 28 heavy (non-hydrogen) atoms. The summed E-state index contributed by atoms with van der Waals surface area (Å²) in [7, 11) is 0. The molecule has 1 aliphatic heterocycles. The van der Waals surface area contributed by atoms with E-state index in [0.717, 1.165) is 39.0 Å². The second kappa shape index (κ2) is 10.6. The number of piperidine rings is 1. The largest absolute Gasteiger partial charge is 0.360 e. The zero-order chi connectivity index (χ0) is 19.8. The Balaban J connectivity index is 1.24. The first-order valence-corrected chi connectivity index (χ1v) is 11.4. The minimum atomic E-state index is -0.191. The Kier molecular flexibility index (Phi) is 7.93. The fraction of sp³-hybridized carbons (Fsp3) is 0.526. The molecule has 3 rings (SSSR count). The van der Waals surface area contributed by atoms with E-state index in [9.17, 15) is 9.59 Å². The molecule has 2 aromatic rings. The van der Waals surface area contributed by atoms with Crippen LogP contribution in [-0.2, 0) is 16.1 Å². The molecule has 0 spiro atoms. The number of aryl methyl sites for hydroxylation is 1. The molecule has 1 saturated heterocycles. The van der Waals surface area contributed by atoms with Crippen molar-refractivity contribution in [3.63, 3.8) is 0 Å². The molecule has 7 nitrogen and oxygen atoms in total. The standard InChI is InChI=1S/C19H26N4O3S2/c1-14-9-17(22-26-14)21-19(25)13-27-12-18(24)20-10-15-4-6-23(7-5-15)11-16-3-2-8-28-16/h2-3,8-9,15H,4-7,10-13H2,1H3,(H,20,24)(H,21,22,25). The number of thiophene rings is 1. The molecule has 2 N–H and O–H groups in total. The number of carbonyl (C=O) groups excluding carboxylic acids is 2. The predicted molar refractivity (Wildman–Crippen MR) is 113 cm³/mol. The van der Waals surface area contributed by atoms with Gasteiger partial charge in [-0.3, -0.25) is 14.5 Å². The fourth-order valence-corrected chi connectivity index (χ4v) is 4.51. The molecule has 0 atom stereocenters. The molecular weight excluding hydrogens is 396 g/mol. The smallest absolute Gasteiger partial charge is 0.235 e. The zero-order valence-electron chi connectivity index (χ0n) is 16.0. The molecule has 3 heterocycles. The Morgan fingerprint density at radius 2 is 2.11 bits per heavy atom. The molecule has 9 heteroatoms. The summed E-state index contributed by atoms with van der Waals surface area (Å²) in [5, 5.41) is 11.5. The lowest BCUT2D eigenvalue weighted by atomic mass is 9.97. The van der Waals surface area contributed by atoms with Crippen LogP contribution < -0.4 is 10.6 Å². The SMILES string of the molecule is Cc1cc(NC(=O)CSCC(=O)NCC2CCN(Cc3cccs3)CC2)no1. The summed E-state index contributed by atoms with van der Waals surface area (Å²) in [6.07, 6.45) is 2.22. The Hall–Kier alpha value is -1.84. The van der Waals surface area contributed by atoms with Gasteiger partial charge in [0.05, 0.1) is 11.5 Å². The van der Waals surface area contributed by atoms with Gasteiger partial charge in [0.15, 0.2) is 5.82 Å². The lowest BCUT2D eigenvalue weighted by Gasteiger charge is -2.31. The Morgan fingerprint density at radius 3 is 2.79 bits per heavy atom. The van der Waals surface area contributed by atoms with Crippen molar-refractivity contribution in [1.82, 2.24) is 15.4 Å². The number of anilines is 1. The van der Waals surface area contributed by atoms with E-state index in [0.29, 0.717) is 17.5 Å². The predicted octanol–water partition coefficient (Wildman–Crippen LogP) is 2.74. The zero-order valence-corrected chi connectivity index (χ0v) is 17.6. The first kappa shape index (κ1) is 20.9. The van der Waals surface area contributed by atoms with E-state index in [1.807, 2.05) is 0 Å². The first-order valence-electron chi connectivity index (χ1n) is 9.41. The number of aromatic nitrogens is 1. The topological polar surface area (TPSA) is 87.5 Å². The van der Waals surface area contributed by atoms with Crippen LogP contribution in [0.3, 0.4) is 0 Å². The molecule has 0 unspecified atom stereocenters. The van der Waals surface area contributed by atoms with Crippen molar-refractivity contribution in [2.45, 2.75) is 26.3 Å². The van der Waals surface area contributed by atoms with Crippen LogP contribution in [0.1, 0.15) is 23.5 Å². The number of hydrogen-bond donors (Lipinski definition) is 2. The second-order valence-electron chi connectivity index (χ2n) is 6.97. The van der Waals surface area contributed by atoms with Crippen LogP contribution in [0.4, 0.5) is 5.82 Å². The van der Waals surface area contributed by atoms with E-state index >= 15 is 0 Å². The summed E-state index contributed by atoms with van der Waals surface area (Å²) in [6.45, 7) is 5.67. The number of thioether (sulfide) groups is 1. The minimum absolute atomic E-state index is 0.0175. The monoisotopic (exact) mass is 422 g/mol. The van der Waals surface area contributed by atoms with Crippen molar-refractivity contribution in [1.29, 1.82) is 0 Å².